The first kappa shape index (κ1) is 15.6. The minimum atomic E-state index is -0.370. The molecule has 1 aromatic rings. The van der Waals surface area contributed by atoms with Crippen LogP contribution in [-0.4, -0.2) is 72.0 Å². The highest BCUT2D eigenvalue weighted by Crippen LogP contribution is 2.16. The maximum absolute atomic E-state index is 11.9. The number of carbonyl (C=O) groups is 1. The van der Waals surface area contributed by atoms with Crippen LogP contribution in [0.4, 0.5) is 0 Å². The van der Waals surface area contributed by atoms with Gasteiger partial charge in [-0.1, -0.05) is 0 Å². The maximum atomic E-state index is 11.9. The van der Waals surface area contributed by atoms with Gasteiger partial charge in [0.25, 0.3) is 0 Å². The van der Waals surface area contributed by atoms with Crippen molar-refractivity contribution >= 4 is 12.6 Å². The second-order valence-electron chi connectivity index (χ2n) is 5.14. The van der Waals surface area contributed by atoms with Gasteiger partial charge in [0.1, 0.15) is 11.9 Å². The van der Waals surface area contributed by atoms with Crippen LogP contribution in [0.1, 0.15) is 24.1 Å². The molecule has 8 heteroatoms. The molecule has 0 aromatic carbocycles. The molecule has 1 amide bonds. The number of nitrogens with one attached hydrogen (secondary N) is 3. The van der Waals surface area contributed by atoms with Crippen molar-refractivity contribution in [3.05, 3.63) is 11.6 Å². The van der Waals surface area contributed by atoms with Crippen LogP contribution in [0, 0.1) is 6.92 Å². The number of amides is 1. The van der Waals surface area contributed by atoms with E-state index in [-0.39, 0.29) is 18.4 Å². The highest BCUT2D eigenvalue weighted by molar-refractivity contribution is 5.76. The van der Waals surface area contributed by atoms with Crippen LogP contribution in [0.2, 0.25) is 0 Å². The van der Waals surface area contributed by atoms with Crippen LogP contribution >= 0.6 is 0 Å². The van der Waals surface area contributed by atoms with Crippen molar-refractivity contribution in [3.8, 4) is 0 Å². The third-order valence-corrected chi connectivity index (χ3v) is 3.49. The molecular weight excluding hydrogens is 270 g/mol. The highest BCUT2D eigenvalue weighted by atomic mass is 16.1. The molecule has 0 aliphatic carbocycles. The molecule has 0 unspecified atom stereocenters. The Kier molecular flexibility index (Phi) is 5.82. The number of piperazine rings is 1. The molecule has 1 saturated heterocycles. The largest absolute Gasteiger partial charge is 0.355 e. The predicted octanol–water partition coefficient (Wildman–Crippen LogP) is -0.734. The number of H-pyrrole nitrogens is 1. The van der Waals surface area contributed by atoms with Gasteiger partial charge in [-0.15, -0.1) is 10.2 Å². The van der Waals surface area contributed by atoms with Gasteiger partial charge >= 0.3 is 0 Å². The fraction of sp³-hybridized carbons (Fsp3) is 0.692. The molecule has 0 saturated carbocycles. The summed E-state index contributed by atoms with van der Waals surface area (Å²) in [6, 6.07) is -0.370. The van der Waals surface area contributed by atoms with Gasteiger partial charge in [0.05, 0.1) is 6.42 Å². The second kappa shape index (κ2) is 7.84. The summed E-state index contributed by atoms with van der Waals surface area (Å²) in [4.78, 5) is 21.2. The lowest BCUT2D eigenvalue weighted by Crippen LogP contribution is -2.46. The molecule has 0 bridgehead atoms. The Morgan fingerprint density at radius 1 is 1.48 bits per heavy atom. The molecule has 1 aliphatic heterocycles. The van der Waals surface area contributed by atoms with Crippen molar-refractivity contribution in [2.75, 3.05) is 39.3 Å². The minimum absolute atomic E-state index is 0.0448. The molecule has 0 radical (unpaired) electrons. The molecule has 1 aromatic heterocycles. The number of aliphatic imine (C=N–C) groups is 1. The number of aryl methyl sites for hydroxylation is 1. The van der Waals surface area contributed by atoms with Crippen molar-refractivity contribution in [2.45, 2.75) is 19.4 Å². The molecule has 2 heterocycles. The fourth-order valence-electron chi connectivity index (χ4n) is 2.30. The van der Waals surface area contributed by atoms with Crippen molar-refractivity contribution in [3.63, 3.8) is 0 Å². The molecule has 1 atom stereocenters. The summed E-state index contributed by atoms with van der Waals surface area (Å²) in [5, 5.41) is 14.1. The summed E-state index contributed by atoms with van der Waals surface area (Å²) in [6.45, 7) is 11.0. The zero-order valence-electron chi connectivity index (χ0n) is 12.4. The van der Waals surface area contributed by atoms with E-state index in [4.69, 9.17) is 0 Å². The molecule has 8 nitrogen and oxygen atoms in total. The van der Waals surface area contributed by atoms with Gasteiger partial charge in [-0.25, -0.2) is 0 Å². The van der Waals surface area contributed by atoms with Gasteiger partial charge in [0.2, 0.25) is 5.91 Å². The van der Waals surface area contributed by atoms with Gasteiger partial charge < -0.3 is 15.6 Å². The van der Waals surface area contributed by atoms with Crippen LogP contribution in [-0.2, 0) is 4.79 Å². The lowest BCUT2D eigenvalue weighted by Gasteiger charge is -2.27. The molecule has 1 aliphatic rings. The standard InChI is InChI=1S/C13H23N7O/c1-10-17-13(19-18-10)11(14-2)9-12(21)16-5-8-20-6-3-15-4-7-20/h11,15H,2-9H2,1H3,(H,16,21)(H,17,18,19)/t11-/m0/s1. The number of hydrogen-bond donors (Lipinski definition) is 3. The zero-order chi connectivity index (χ0) is 15.1. The summed E-state index contributed by atoms with van der Waals surface area (Å²) in [5.74, 6) is 1.24. The van der Waals surface area contributed by atoms with Gasteiger partial charge in [-0.05, 0) is 13.6 Å². The summed E-state index contributed by atoms with van der Waals surface area (Å²) < 4.78 is 0. The number of hydrogen-bond acceptors (Lipinski definition) is 6. The second-order valence-corrected chi connectivity index (χ2v) is 5.14. The van der Waals surface area contributed by atoms with Crippen LogP contribution in [0.15, 0.2) is 4.99 Å². The summed E-state index contributed by atoms with van der Waals surface area (Å²) in [7, 11) is 0. The van der Waals surface area contributed by atoms with E-state index in [1.165, 1.54) is 0 Å². The third-order valence-electron chi connectivity index (χ3n) is 3.49. The van der Waals surface area contributed by atoms with E-state index in [0.717, 1.165) is 32.7 Å². The van der Waals surface area contributed by atoms with E-state index < -0.39 is 0 Å². The third kappa shape index (κ3) is 4.91. The first-order valence-corrected chi connectivity index (χ1v) is 7.24. The maximum Gasteiger partial charge on any atom is 0.222 e. The van der Waals surface area contributed by atoms with Crippen molar-refractivity contribution in [2.24, 2.45) is 4.99 Å². The number of rotatable bonds is 7. The van der Waals surface area contributed by atoms with Gasteiger partial charge in [0, 0.05) is 39.3 Å². The van der Waals surface area contributed by atoms with E-state index in [1.807, 2.05) is 6.92 Å². The first-order valence-electron chi connectivity index (χ1n) is 7.24. The van der Waals surface area contributed by atoms with Crippen molar-refractivity contribution in [1.29, 1.82) is 0 Å². The quantitative estimate of drug-likeness (QED) is 0.576. The monoisotopic (exact) mass is 293 g/mol. The Morgan fingerprint density at radius 2 is 2.24 bits per heavy atom. The van der Waals surface area contributed by atoms with E-state index in [2.05, 4.69) is 42.4 Å². The summed E-state index contributed by atoms with van der Waals surface area (Å²) in [5.41, 5.74) is 0. The number of aromatic amines is 1. The molecule has 1 fully saturated rings. The Balaban J connectivity index is 1.71. The lowest BCUT2D eigenvalue weighted by atomic mass is 10.2. The zero-order valence-corrected chi connectivity index (χ0v) is 12.4. The summed E-state index contributed by atoms with van der Waals surface area (Å²) in [6.07, 6.45) is 0.236. The minimum Gasteiger partial charge on any atom is -0.355 e. The van der Waals surface area contributed by atoms with Crippen LogP contribution < -0.4 is 10.6 Å². The summed E-state index contributed by atoms with van der Waals surface area (Å²) >= 11 is 0. The number of carbonyl (C=O) groups excluding carboxylic acids is 1. The Hall–Kier alpha value is -1.80. The van der Waals surface area contributed by atoms with Crippen molar-refractivity contribution in [1.82, 2.24) is 30.7 Å². The van der Waals surface area contributed by atoms with E-state index in [0.29, 0.717) is 18.2 Å². The fourth-order valence-corrected chi connectivity index (χ4v) is 2.30. The molecule has 116 valence electrons. The van der Waals surface area contributed by atoms with E-state index in [9.17, 15) is 4.79 Å². The van der Waals surface area contributed by atoms with Crippen LogP contribution in [0.25, 0.3) is 0 Å². The Labute approximate surface area is 124 Å². The topological polar surface area (TPSA) is 98.3 Å². The van der Waals surface area contributed by atoms with Gasteiger partial charge in [-0.3, -0.25) is 14.7 Å². The average molecular weight is 293 g/mol. The average Bonchev–Trinajstić information content (AvgIpc) is 2.92. The smallest absolute Gasteiger partial charge is 0.222 e. The Bertz CT molecular complexity index is 467. The predicted molar refractivity (Wildman–Crippen MR) is 80.3 cm³/mol. The van der Waals surface area contributed by atoms with Crippen LogP contribution in [0.5, 0.6) is 0 Å². The van der Waals surface area contributed by atoms with Gasteiger partial charge in [0.15, 0.2) is 5.82 Å². The first-order chi connectivity index (χ1) is 10.2. The molecule has 2 rings (SSSR count). The molecular formula is C13H23N7O. The van der Waals surface area contributed by atoms with Crippen molar-refractivity contribution < 1.29 is 4.79 Å². The molecule has 0 spiro atoms. The Morgan fingerprint density at radius 3 is 2.86 bits per heavy atom. The SMILES string of the molecule is C=N[C@@H](CC(=O)NCCN1CCNCC1)c1nnc(C)[nH]1. The molecule has 3 N–H and O–H groups in total. The van der Waals surface area contributed by atoms with E-state index >= 15 is 0 Å². The van der Waals surface area contributed by atoms with E-state index in [1.54, 1.807) is 0 Å². The van der Waals surface area contributed by atoms with Gasteiger partial charge in [-0.2, -0.15) is 0 Å². The lowest BCUT2D eigenvalue weighted by molar-refractivity contribution is -0.121. The highest BCUT2D eigenvalue weighted by Gasteiger charge is 2.18. The normalized spacial score (nSPS) is 17.4. The number of aromatic nitrogens is 3. The molecule has 21 heavy (non-hydrogen) atoms. The number of nitrogens with zero attached hydrogens (tertiary/aromatic N) is 4. The van der Waals surface area contributed by atoms with Crippen LogP contribution in [0.3, 0.4) is 0 Å².